The van der Waals surface area contributed by atoms with Gasteiger partial charge in [0.1, 0.15) is 25.0 Å². The molecule has 0 saturated carbocycles. The highest BCUT2D eigenvalue weighted by Crippen LogP contribution is 2.15. The van der Waals surface area contributed by atoms with E-state index in [-0.39, 0.29) is 18.3 Å². The highest BCUT2D eigenvalue weighted by molar-refractivity contribution is 5.90. The molecule has 0 spiro atoms. The molecule has 0 aliphatic rings. The summed E-state index contributed by atoms with van der Waals surface area (Å²) >= 11 is 0. The van der Waals surface area contributed by atoms with E-state index in [2.05, 4.69) is 15.4 Å². The maximum absolute atomic E-state index is 11.7. The molecule has 8 heteroatoms. The van der Waals surface area contributed by atoms with Crippen LogP contribution in [0.15, 0.2) is 36.9 Å². The summed E-state index contributed by atoms with van der Waals surface area (Å²) in [5.41, 5.74) is 6.08. The number of rotatable bonds is 7. The fourth-order valence-electron chi connectivity index (χ4n) is 1.60. The molecule has 7 nitrogen and oxygen atoms in total. The van der Waals surface area contributed by atoms with E-state index in [1.807, 2.05) is 0 Å². The molecule has 1 aromatic heterocycles. The number of aryl methyl sites for hydroxylation is 1. The predicted octanol–water partition coefficient (Wildman–Crippen LogP) is 1.07. The second kappa shape index (κ2) is 8.93. The fourth-order valence-corrected chi connectivity index (χ4v) is 1.60. The van der Waals surface area contributed by atoms with Gasteiger partial charge in [0.25, 0.3) is 0 Å². The summed E-state index contributed by atoms with van der Waals surface area (Å²) in [6.45, 7) is 1.45. The van der Waals surface area contributed by atoms with Gasteiger partial charge >= 0.3 is 0 Å². The van der Waals surface area contributed by atoms with E-state index >= 15 is 0 Å². The third-order valence-electron chi connectivity index (χ3n) is 2.56. The standard InChI is InChI=1S/C13H17N5O2.ClH/c14-6-8-20-12-3-1-11(2-4-12)17-13(19)5-7-18-10-15-9-16-18;/h1-4,9-10H,5-8,14H2,(H,17,19);1H. The number of nitrogens with zero attached hydrogens (tertiary/aromatic N) is 3. The van der Waals surface area contributed by atoms with Gasteiger partial charge in [0.2, 0.25) is 5.91 Å². The Labute approximate surface area is 128 Å². The Morgan fingerprint density at radius 2 is 2.10 bits per heavy atom. The molecule has 2 rings (SSSR count). The number of hydrogen-bond donors (Lipinski definition) is 2. The second-order valence-electron chi connectivity index (χ2n) is 4.12. The van der Waals surface area contributed by atoms with Crippen molar-refractivity contribution in [1.29, 1.82) is 0 Å². The molecule has 21 heavy (non-hydrogen) atoms. The number of amides is 1. The van der Waals surface area contributed by atoms with Crippen molar-refractivity contribution in [3.63, 3.8) is 0 Å². The number of benzene rings is 1. The SMILES string of the molecule is Cl.NCCOc1ccc(NC(=O)CCn2cncn2)cc1. The summed E-state index contributed by atoms with van der Waals surface area (Å²) in [7, 11) is 0. The molecule has 1 amide bonds. The molecule has 0 atom stereocenters. The van der Waals surface area contributed by atoms with Crippen LogP contribution in [-0.2, 0) is 11.3 Å². The summed E-state index contributed by atoms with van der Waals surface area (Å²) < 4.78 is 6.97. The van der Waals surface area contributed by atoms with Gasteiger partial charge in [0.15, 0.2) is 0 Å². The van der Waals surface area contributed by atoms with E-state index in [9.17, 15) is 4.79 Å². The van der Waals surface area contributed by atoms with Gasteiger partial charge in [-0.15, -0.1) is 12.4 Å². The number of halogens is 1. The van der Waals surface area contributed by atoms with Crippen molar-refractivity contribution in [1.82, 2.24) is 14.8 Å². The maximum Gasteiger partial charge on any atom is 0.226 e. The van der Waals surface area contributed by atoms with Gasteiger partial charge in [-0.05, 0) is 24.3 Å². The number of nitrogens with two attached hydrogens (primary N) is 1. The van der Waals surface area contributed by atoms with Crippen molar-refractivity contribution in [2.24, 2.45) is 5.73 Å². The number of aromatic nitrogens is 3. The van der Waals surface area contributed by atoms with Gasteiger partial charge in [-0.1, -0.05) is 0 Å². The summed E-state index contributed by atoms with van der Waals surface area (Å²) in [5.74, 6) is 0.659. The minimum atomic E-state index is -0.0730. The normalized spacial score (nSPS) is 9.76. The minimum absolute atomic E-state index is 0. The first-order valence-electron chi connectivity index (χ1n) is 6.33. The molecule has 0 aliphatic carbocycles. The monoisotopic (exact) mass is 311 g/mol. The van der Waals surface area contributed by atoms with E-state index in [1.54, 1.807) is 35.3 Å². The van der Waals surface area contributed by atoms with Crippen LogP contribution in [0.1, 0.15) is 6.42 Å². The Bertz CT molecular complexity index is 530. The number of hydrogen-bond acceptors (Lipinski definition) is 5. The molecule has 3 N–H and O–H groups in total. The smallest absolute Gasteiger partial charge is 0.226 e. The summed E-state index contributed by atoms with van der Waals surface area (Å²) in [6.07, 6.45) is 3.36. The summed E-state index contributed by atoms with van der Waals surface area (Å²) in [6, 6.07) is 7.17. The van der Waals surface area contributed by atoms with Crippen molar-refractivity contribution in [2.75, 3.05) is 18.5 Å². The highest BCUT2D eigenvalue weighted by Gasteiger charge is 2.03. The van der Waals surface area contributed by atoms with Gasteiger partial charge in [-0.25, -0.2) is 4.98 Å². The second-order valence-corrected chi connectivity index (χ2v) is 4.12. The van der Waals surface area contributed by atoms with Gasteiger partial charge in [0, 0.05) is 18.7 Å². The average Bonchev–Trinajstić information content (AvgIpc) is 2.98. The van der Waals surface area contributed by atoms with E-state index in [4.69, 9.17) is 10.5 Å². The lowest BCUT2D eigenvalue weighted by molar-refractivity contribution is -0.116. The third kappa shape index (κ3) is 5.80. The molecule has 1 aromatic carbocycles. The fraction of sp³-hybridized carbons (Fsp3) is 0.308. The van der Waals surface area contributed by atoms with Gasteiger partial charge < -0.3 is 15.8 Å². The number of anilines is 1. The van der Waals surface area contributed by atoms with Crippen molar-refractivity contribution in [2.45, 2.75) is 13.0 Å². The first kappa shape index (κ1) is 16.9. The summed E-state index contributed by atoms with van der Waals surface area (Å²) in [4.78, 5) is 15.6. The number of ether oxygens (including phenoxy) is 1. The Morgan fingerprint density at radius 3 is 2.71 bits per heavy atom. The van der Waals surface area contributed by atoms with Gasteiger partial charge in [-0.3, -0.25) is 9.48 Å². The number of carbonyl (C=O) groups is 1. The summed E-state index contributed by atoms with van der Waals surface area (Å²) in [5, 5.41) is 6.74. The van der Waals surface area contributed by atoms with Crippen LogP contribution in [0.2, 0.25) is 0 Å². The maximum atomic E-state index is 11.7. The average molecular weight is 312 g/mol. The molecule has 0 bridgehead atoms. The van der Waals surface area contributed by atoms with Crippen LogP contribution in [-0.4, -0.2) is 33.8 Å². The first-order chi connectivity index (χ1) is 9.78. The van der Waals surface area contributed by atoms with Gasteiger partial charge in [-0.2, -0.15) is 5.10 Å². The van der Waals surface area contributed by atoms with Crippen molar-refractivity contribution in [3.05, 3.63) is 36.9 Å². The van der Waals surface area contributed by atoms with E-state index in [0.29, 0.717) is 26.1 Å². The van der Waals surface area contributed by atoms with Crippen molar-refractivity contribution >= 4 is 24.0 Å². The molecule has 2 aromatic rings. The highest BCUT2D eigenvalue weighted by atomic mass is 35.5. The molecule has 0 radical (unpaired) electrons. The molecule has 0 aliphatic heterocycles. The Hall–Kier alpha value is -2.12. The van der Waals surface area contributed by atoms with Crippen molar-refractivity contribution in [3.8, 4) is 5.75 Å². The van der Waals surface area contributed by atoms with Crippen LogP contribution in [0.3, 0.4) is 0 Å². The topological polar surface area (TPSA) is 95.1 Å². The Balaban J connectivity index is 0.00000220. The van der Waals surface area contributed by atoms with Crippen LogP contribution in [0.25, 0.3) is 0 Å². The lowest BCUT2D eigenvalue weighted by Crippen LogP contribution is -2.14. The van der Waals surface area contributed by atoms with Gasteiger partial charge in [0.05, 0.1) is 6.54 Å². The molecular weight excluding hydrogens is 294 g/mol. The zero-order valence-corrected chi connectivity index (χ0v) is 12.3. The predicted molar refractivity (Wildman–Crippen MR) is 81.5 cm³/mol. The number of carbonyl (C=O) groups excluding carboxylic acids is 1. The van der Waals surface area contributed by atoms with E-state index in [0.717, 1.165) is 11.4 Å². The third-order valence-corrected chi connectivity index (χ3v) is 2.56. The van der Waals surface area contributed by atoms with E-state index in [1.165, 1.54) is 6.33 Å². The largest absolute Gasteiger partial charge is 0.492 e. The zero-order valence-electron chi connectivity index (χ0n) is 11.4. The number of nitrogens with one attached hydrogen (secondary N) is 1. The molecular formula is C13H18ClN5O2. The molecule has 0 unspecified atom stereocenters. The lowest BCUT2D eigenvalue weighted by Gasteiger charge is -2.07. The van der Waals surface area contributed by atoms with Crippen LogP contribution in [0.4, 0.5) is 5.69 Å². The van der Waals surface area contributed by atoms with Crippen LogP contribution >= 0.6 is 12.4 Å². The molecule has 0 fully saturated rings. The lowest BCUT2D eigenvalue weighted by atomic mass is 10.3. The quantitative estimate of drug-likeness (QED) is 0.797. The van der Waals surface area contributed by atoms with Crippen LogP contribution < -0.4 is 15.8 Å². The first-order valence-corrected chi connectivity index (χ1v) is 6.33. The molecule has 1 heterocycles. The molecule has 114 valence electrons. The molecule has 0 saturated heterocycles. The van der Waals surface area contributed by atoms with Crippen molar-refractivity contribution < 1.29 is 9.53 Å². The van der Waals surface area contributed by atoms with E-state index < -0.39 is 0 Å². The zero-order chi connectivity index (χ0) is 14.2. The van der Waals surface area contributed by atoms with Crippen LogP contribution in [0, 0.1) is 0 Å². The Morgan fingerprint density at radius 1 is 1.33 bits per heavy atom. The van der Waals surface area contributed by atoms with Crippen LogP contribution in [0.5, 0.6) is 5.75 Å². The minimum Gasteiger partial charge on any atom is -0.492 e. The Kier molecular flexibility index (Phi) is 7.20.